The number of carbonyl (C=O) groups is 1. The second-order valence-corrected chi connectivity index (χ2v) is 7.79. The highest BCUT2D eigenvalue weighted by Gasteiger charge is 2.17. The van der Waals surface area contributed by atoms with Gasteiger partial charge in [-0.25, -0.2) is 9.97 Å². The van der Waals surface area contributed by atoms with Gasteiger partial charge in [-0.15, -0.1) is 0 Å². The van der Waals surface area contributed by atoms with Crippen molar-refractivity contribution in [1.29, 1.82) is 0 Å². The van der Waals surface area contributed by atoms with Crippen LogP contribution in [0.4, 0.5) is 17.3 Å². The largest absolute Gasteiger partial charge is 0.372 e. The topological polar surface area (TPSA) is 61.4 Å². The van der Waals surface area contributed by atoms with Gasteiger partial charge >= 0.3 is 0 Å². The van der Waals surface area contributed by atoms with E-state index in [1.807, 2.05) is 19.1 Å². The normalized spacial score (nSPS) is 17.5. The molecule has 0 atom stereocenters. The van der Waals surface area contributed by atoms with E-state index in [0.29, 0.717) is 11.6 Å². The summed E-state index contributed by atoms with van der Waals surface area (Å²) in [6.07, 6.45) is 7.33. The van der Waals surface area contributed by atoms with Gasteiger partial charge in [0.05, 0.1) is 0 Å². The van der Waals surface area contributed by atoms with Crippen LogP contribution in [0.25, 0.3) is 0 Å². The second-order valence-electron chi connectivity index (χ2n) is 7.79. The van der Waals surface area contributed by atoms with E-state index in [9.17, 15) is 4.79 Å². The fourth-order valence-corrected chi connectivity index (χ4v) is 4.01. The van der Waals surface area contributed by atoms with Crippen molar-refractivity contribution in [3.8, 4) is 0 Å². The van der Waals surface area contributed by atoms with E-state index < -0.39 is 0 Å². The summed E-state index contributed by atoms with van der Waals surface area (Å²) in [6, 6.07) is 9.85. The molecule has 4 rings (SSSR count). The first-order chi connectivity index (χ1) is 13.7. The Morgan fingerprint density at radius 3 is 2.14 bits per heavy atom. The van der Waals surface area contributed by atoms with Gasteiger partial charge in [0.1, 0.15) is 5.69 Å². The van der Waals surface area contributed by atoms with Gasteiger partial charge in [-0.1, -0.05) is 12.8 Å². The van der Waals surface area contributed by atoms with E-state index in [-0.39, 0.29) is 5.91 Å². The van der Waals surface area contributed by atoms with Crippen LogP contribution in [0.15, 0.2) is 30.3 Å². The molecule has 1 N–H and O–H groups in total. The first kappa shape index (κ1) is 18.7. The molecule has 6 heteroatoms. The molecule has 0 spiro atoms. The molecule has 1 aromatic carbocycles. The summed E-state index contributed by atoms with van der Waals surface area (Å²) < 4.78 is 0. The maximum Gasteiger partial charge on any atom is 0.274 e. The number of aryl methyl sites for hydroxylation is 1. The molecule has 0 aliphatic carbocycles. The molecule has 3 heterocycles. The lowest BCUT2D eigenvalue weighted by atomic mass is 10.2. The molecule has 2 fully saturated rings. The fourth-order valence-electron chi connectivity index (χ4n) is 4.01. The Balaban J connectivity index is 1.46. The van der Waals surface area contributed by atoms with E-state index in [4.69, 9.17) is 0 Å². The first-order valence-corrected chi connectivity index (χ1v) is 10.5. The van der Waals surface area contributed by atoms with Crippen LogP contribution < -0.4 is 15.1 Å². The number of anilines is 3. The van der Waals surface area contributed by atoms with Crippen molar-refractivity contribution in [1.82, 2.24) is 9.97 Å². The van der Waals surface area contributed by atoms with Gasteiger partial charge in [0.15, 0.2) is 0 Å². The SMILES string of the molecule is Cc1cc(C(=O)Nc2ccc(N3CCCC3)cc2)nc(N2CCCCCC2)n1. The number of aromatic nitrogens is 2. The third-order valence-corrected chi connectivity index (χ3v) is 5.56. The monoisotopic (exact) mass is 379 g/mol. The van der Waals surface area contributed by atoms with Gasteiger partial charge in [0.25, 0.3) is 5.91 Å². The predicted octanol–water partition coefficient (Wildman–Crippen LogP) is 4.02. The van der Waals surface area contributed by atoms with Gasteiger partial charge in [-0.05, 0) is 62.9 Å². The molecule has 1 amide bonds. The molecule has 1 aromatic heterocycles. The van der Waals surface area contributed by atoms with Gasteiger partial charge in [0, 0.05) is 43.2 Å². The molecule has 0 bridgehead atoms. The van der Waals surface area contributed by atoms with Gasteiger partial charge in [0.2, 0.25) is 5.95 Å². The molecule has 2 aliphatic rings. The maximum absolute atomic E-state index is 12.8. The Bertz CT molecular complexity index is 806. The number of rotatable bonds is 4. The molecule has 28 heavy (non-hydrogen) atoms. The number of amides is 1. The summed E-state index contributed by atoms with van der Waals surface area (Å²) in [7, 11) is 0. The molecular formula is C22H29N5O. The van der Waals surface area contributed by atoms with Gasteiger partial charge < -0.3 is 15.1 Å². The molecule has 0 saturated carbocycles. The van der Waals surface area contributed by atoms with Crippen molar-refractivity contribution in [2.45, 2.75) is 45.4 Å². The number of hydrogen-bond acceptors (Lipinski definition) is 5. The maximum atomic E-state index is 12.8. The Morgan fingerprint density at radius 1 is 0.857 bits per heavy atom. The zero-order valence-corrected chi connectivity index (χ0v) is 16.7. The number of nitrogens with zero attached hydrogens (tertiary/aromatic N) is 4. The predicted molar refractivity (Wildman–Crippen MR) is 113 cm³/mol. The summed E-state index contributed by atoms with van der Waals surface area (Å²) in [4.78, 5) is 26.5. The van der Waals surface area contributed by atoms with Gasteiger partial charge in [-0.3, -0.25) is 4.79 Å². The van der Waals surface area contributed by atoms with E-state index in [2.05, 4.69) is 37.2 Å². The summed E-state index contributed by atoms with van der Waals surface area (Å²) >= 11 is 0. The Labute approximate surface area is 167 Å². The zero-order valence-electron chi connectivity index (χ0n) is 16.7. The number of hydrogen-bond donors (Lipinski definition) is 1. The number of benzene rings is 1. The Hall–Kier alpha value is -2.63. The van der Waals surface area contributed by atoms with Crippen molar-refractivity contribution in [2.24, 2.45) is 0 Å². The van der Waals surface area contributed by atoms with Crippen molar-refractivity contribution in [2.75, 3.05) is 41.3 Å². The third-order valence-electron chi connectivity index (χ3n) is 5.56. The highest BCUT2D eigenvalue weighted by molar-refractivity contribution is 6.03. The van der Waals surface area contributed by atoms with Crippen LogP contribution in [0.1, 0.15) is 54.7 Å². The van der Waals surface area contributed by atoms with Crippen molar-refractivity contribution in [3.05, 3.63) is 41.7 Å². The van der Waals surface area contributed by atoms with Crippen molar-refractivity contribution < 1.29 is 4.79 Å². The van der Waals surface area contributed by atoms with Crippen LogP contribution in [0.3, 0.4) is 0 Å². The van der Waals surface area contributed by atoms with E-state index in [0.717, 1.165) is 50.4 Å². The van der Waals surface area contributed by atoms with Crippen LogP contribution in [-0.2, 0) is 0 Å². The average molecular weight is 380 g/mol. The number of carbonyl (C=O) groups excluding carboxylic acids is 1. The minimum Gasteiger partial charge on any atom is -0.372 e. The zero-order chi connectivity index (χ0) is 19.3. The van der Waals surface area contributed by atoms with Crippen LogP contribution >= 0.6 is 0 Å². The number of nitrogens with one attached hydrogen (secondary N) is 1. The summed E-state index contributed by atoms with van der Waals surface area (Å²) in [5, 5.41) is 2.98. The molecule has 2 aliphatic heterocycles. The fraction of sp³-hybridized carbons (Fsp3) is 0.500. The summed E-state index contributed by atoms with van der Waals surface area (Å²) in [5.74, 6) is 0.493. The molecular weight excluding hydrogens is 350 g/mol. The molecule has 0 radical (unpaired) electrons. The standard InChI is InChI=1S/C22H29N5O/c1-17-16-20(25-22(23-17)27-14-4-2-3-5-15-27)21(28)24-18-8-10-19(11-9-18)26-12-6-7-13-26/h8-11,16H,2-7,12-15H2,1H3,(H,24,28). The van der Waals surface area contributed by atoms with E-state index in [1.165, 1.54) is 31.4 Å². The Morgan fingerprint density at radius 2 is 1.46 bits per heavy atom. The highest BCUT2D eigenvalue weighted by Crippen LogP contribution is 2.22. The molecule has 6 nitrogen and oxygen atoms in total. The highest BCUT2D eigenvalue weighted by atomic mass is 16.1. The lowest BCUT2D eigenvalue weighted by molar-refractivity contribution is 0.102. The van der Waals surface area contributed by atoms with E-state index in [1.54, 1.807) is 6.07 Å². The molecule has 2 saturated heterocycles. The smallest absolute Gasteiger partial charge is 0.274 e. The minimum atomic E-state index is -0.185. The minimum absolute atomic E-state index is 0.185. The third kappa shape index (κ3) is 4.43. The van der Waals surface area contributed by atoms with E-state index >= 15 is 0 Å². The summed E-state index contributed by atoms with van der Waals surface area (Å²) in [5.41, 5.74) is 3.26. The molecule has 0 unspecified atom stereocenters. The summed E-state index contributed by atoms with van der Waals surface area (Å²) in [6.45, 7) is 6.08. The quantitative estimate of drug-likeness (QED) is 0.869. The molecule has 2 aromatic rings. The first-order valence-electron chi connectivity index (χ1n) is 10.5. The van der Waals surface area contributed by atoms with Crippen LogP contribution in [-0.4, -0.2) is 42.1 Å². The van der Waals surface area contributed by atoms with Crippen LogP contribution in [0.2, 0.25) is 0 Å². The van der Waals surface area contributed by atoms with Crippen LogP contribution in [0, 0.1) is 6.92 Å². The van der Waals surface area contributed by atoms with Gasteiger partial charge in [-0.2, -0.15) is 0 Å². The lowest BCUT2D eigenvalue weighted by Gasteiger charge is -2.21. The van der Waals surface area contributed by atoms with Crippen LogP contribution in [0.5, 0.6) is 0 Å². The van der Waals surface area contributed by atoms with Crippen molar-refractivity contribution in [3.63, 3.8) is 0 Å². The average Bonchev–Trinajstić information content (AvgIpc) is 3.10. The Kier molecular flexibility index (Phi) is 5.74. The lowest BCUT2D eigenvalue weighted by Crippen LogP contribution is -2.27. The molecule has 148 valence electrons. The second kappa shape index (κ2) is 8.59. The van der Waals surface area contributed by atoms with Crippen molar-refractivity contribution >= 4 is 23.2 Å².